The molecule has 2 aromatic rings. The van der Waals surface area contributed by atoms with Crippen LogP contribution >= 0.6 is 0 Å². The zero-order valence-corrected chi connectivity index (χ0v) is 10.6. The van der Waals surface area contributed by atoms with Crippen molar-refractivity contribution in [3.8, 4) is 0 Å². The van der Waals surface area contributed by atoms with Gasteiger partial charge in [-0.2, -0.15) is 0 Å². The molecule has 0 saturated carbocycles. The summed E-state index contributed by atoms with van der Waals surface area (Å²) in [5, 5.41) is 12.4. The van der Waals surface area contributed by atoms with Crippen molar-refractivity contribution in [2.45, 2.75) is 6.61 Å². The maximum absolute atomic E-state index is 11.7. The summed E-state index contributed by atoms with van der Waals surface area (Å²) in [4.78, 5) is 11.7. The molecule has 19 heavy (non-hydrogen) atoms. The summed E-state index contributed by atoms with van der Waals surface area (Å²) >= 11 is 0. The second-order valence-electron chi connectivity index (χ2n) is 3.98. The molecule has 0 saturated heterocycles. The molecule has 0 atom stereocenters. The Morgan fingerprint density at radius 2 is 1.74 bits per heavy atom. The molecule has 0 aliphatic rings. The van der Waals surface area contributed by atoms with Gasteiger partial charge in [-0.1, -0.05) is 30.3 Å². The Morgan fingerprint density at radius 1 is 1.11 bits per heavy atom. The molecular weight excluding hydrogens is 242 g/mol. The van der Waals surface area contributed by atoms with E-state index in [0.29, 0.717) is 11.3 Å². The highest BCUT2D eigenvalue weighted by atomic mass is 16.5. The Balaban J connectivity index is 2.36. The van der Waals surface area contributed by atoms with Crippen molar-refractivity contribution in [2.24, 2.45) is 0 Å². The molecule has 0 bridgehead atoms. The number of hydrogen-bond donors (Lipinski definition) is 2. The molecule has 0 unspecified atom stereocenters. The molecule has 0 aromatic heterocycles. The van der Waals surface area contributed by atoms with Crippen LogP contribution in [-0.2, 0) is 11.3 Å². The lowest BCUT2D eigenvalue weighted by Crippen LogP contribution is -2.06. The summed E-state index contributed by atoms with van der Waals surface area (Å²) in [6.07, 6.45) is 0. The lowest BCUT2D eigenvalue weighted by molar-refractivity contribution is 0.0602. The minimum atomic E-state index is -0.399. The second kappa shape index (κ2) is 6.02. The highest BCUT2D eigenvalue weighted by Crippen LogP contribution is 2.24. The average Bonchev–Trinajstić information content (AvgIpc) is 2.47. The van der Waals surface area contributed by atoms with Gasteiger partial charge in [-0.05, 0) is 18.2 Å². The maximum Gasteiger partial charge on any atom is 0.339 e. The van der Waals surface area contributed by atoms with Gasteiger partial charge < -0.3 is 15.2 Å². The summed E-state index contributed by atoms with van der Waals surface area (Å²) in [6, 6.07) is 14.5. The number of aliphatic hydroxyl groups is 1. The van der Waals surface area contributed by atoms with E-state index in [1.165, 1.54) is 7.11 Å². The van der Waals surface area contributed by atoms with Gasteiger partial charge in [0.15, 0.2) is 0 Å². The van der Waals surface area contributed by atoms with E-state index in [1.807, 2.05) is 30.3 Å². The minimum absolute atomic E-state index is 0.0659. The summed E-state index contributed by atoms with van der Waals surface area (Å²) in [6.45, 7) is -0.0659. The van der Waals surface area contributed by atoms with Crippen LogP contribution in [0.25, 0.3) is 0 Å². The van der Waals surface area contributed by atoms with Gasteiger partial charge in [-0.15, -0.1) is 0 Å². The first-order chi connectivity index (χ1) is 9.26. The van der Waals surface area contributed by atoms with Crippen molar-refractivity contribution in [3.05, 3.63) is 59.7 Å². The highest BCUT2D eigenvalue weighted by Gasteiger charge is 2.11. The van der Waals surface area contributed by atoms with Crippen molar-refractivity contribution in [2.75, 3.05) is 12.4 Å². The number of aliphatic hydroxyl groups excluding tert-OH is 1. The van der Waals surface area contributed by atoms with E-state index in [4.69, 9.17) is 4.74 Å². The summed E-state index contributed by atoms with van der Waals surface area (Å²) in [7, 11) is 1.35. The smallest absolute Gasteiger partial charge is 0.339 e. The zero-order valence-electron chi connectivity index (χ0n) is 10.6. The Bertz CT molecular complexity index is 581. The third-order valence-electron chi connectivity index (χ3n) is 2.79. The summed E-state index contributed by atoms with van der Waals surface area (Å²) in [5.41, 5.74) is 2.64. The average molecular weight is 257 g/mol. The molecule has 4 nitrogen and oxygen atoms in total. The number of nitrogens with one attached hydrogen (secondary N) is 1. The fourth-order valence-corrected chi connectivity index (χ4v) is 1.81. The molecule has 0 aliphatic heterocycles. The topological polar surface area (TPSA) is 58.6 Å². The van der Waals surface area contributed by atoms with Crippen molar-refractivity contribution in [1.82, 2.24) is 0 Å². The van der Waals surface area contributed by atoms with E-state index in [2.05, 4.69) is 5.32 Å². The van der Waals surface area contributed by atoms with Crippen LogP contribution in [-0.4, -0.2) is 18.2 Å². The van der Waals surface area contributed by atoms with E-state index in [-0.39, 0.29) is 6.61 Å². The third-order valence-corrected chi connectivity index (χ3v) is 2.79. The fourth-order valence-electron chi connectivity index (χ4n) is 1.81. The number of hydrogen-bond acceptors (Lipinski definition) is 4. The van der Waals surface area contributed by atoms with Gasteiger partial charge in [0.05, 0.1) is 25.0 Å². The molecule has 0 heterocycles. The third kappa shape index (κ3) is 2.92. The van der Waals surface area contributed by atoms with Gasteiger partial charge in [0.25, 0.3) is 0 Å². The van der Waals surface area contributed by atoms with E-state index in [9.17, 15) is 9.90 Å². The molecule has 0 spiro atoms. The lowest BCUT2D eigenvalue weighted by Gasteiger charge is -2.13. The monoisotopic (exact) mass is 257 g/mol. The Morgan fingerprint density at radius 3 is 2.42 bits per heavy atom. The minimum Gasteiger partial charge on any atom is -0.465 e. The van der Waals surface area contributed by atoms with E-state index in [1.54, 1.807) is 18.2 Å². The molecule has 0 amide bonds. The Kier molecular flexibility index (Phi) is 4.15. The second-order valence-corrected chi connectivity index (χ2v) is 3.98. The number of benzene rings is 2. The van der Waals surface area contributed by atoms with Crippen LogP contribution in [0.1, 0.15) is 15.9 Å². The predicted molar refractivity (Wildman–Crippen MR) is 73.4 cm³/mol. The van der Waals surface area contributed by atoms with Gasteiger partial charge >= 0.3 is 5.97 Å². The molecule has 0 fully saturated rings. The highest BCUT2D eigenvalue weighted by molar-refractivity contribution is 5.96. The van der Waals surface area contributed by atoms with E-state index in [0.717, 1.165) is 11.3 Å². The molecule has 4 heteroatoms. The first-order valence-electron chi connectivity index (χ1n) is 5.89. The standard InChI is InChI=1S/C15H15NO3/c1-19-15(18)12-7-3-5-9-14(12)16-13-8-4-2-6-11(13)10-17/h2-9,16-17H,10H2,1H3. The molecule has 2 N–H and O–H groups in total. The number of carbonyl (C=O) groups is 1. The van der Waals surface area contributed by atoms with Crippen LogP contribution in [0.15, 0.2) is 48.5 Å². The number of para-hydroxylation sites is 2. The maximum atomic E-state index is 11.7. The molecule has 0 radical (unpaired) electrons. The SMILES string of the molecule is COC(=O)c1ccccc1Nc1ccccc1CO. The first-order valence-corrected chi connectivity index (χ1v) is 5.89. The number of methoxy groups -OCH3 is 1. The molecule has 0 aliphatic carbocycles. The largest absolute Gasteiger partial charge is 0.465 e. The van der Waals surface area contributed by atoms with Crippen LogP contribution in [0.5, 0.6) is 0 Å². The molecule has 2 rings (SSSR count). The Hall–Kier alpha value is -2.33. The van der Waals surface area contributed by atoms with Crippen molar-refractivity contribution in [3.63, 3.8) is 0 Å². The van der Waals surface area contributed by atoms with Gasteiger partial charge in [0.2, 0.25) is 0 Å². The van der Waals surface area contributed by atoms with Gasteiger partial charge in [0.1, 0.15) is 0 Å². The van der Waals surface area contributed by atoms with E-state index >= 15 is 0 Å². The van der Waals surface area contributed by atoms with Gasteiger partial charge in [0, 0.05) is 11.3 Å². The number of anilines is 2. The van der Waals surface area contributed by atoms with Crippen molar-refractivity contribution < 1.29 is 14.6 Å². The lowest BCUT2D eigenvalue weighted by atomic mass is 10.1. The molecular formula is C15H15NO3. The van der Waals surface area contributed by atoms with E-state index < -0.39 is 5.97 Å². The number of rotatable bonds is 4. The quantitative estimate of drug-likeness (QED) is 0.827. The van der Waals surface area contributed by atoms with Crippen molar-refractivity contribution >= 4 is 17.3 Å². The number of esters is 1. The van der Waals surface area contributed by atoms with Crippen molar-refractivity contribution in [1.29, 1.82) is 0 Å². The van der Waals surface area contributed by atoms with Gasteiger partial charge in [-0.25, -0.2) is 4.79 Å². The summed E-state index contributed by atoms with van der Waals surface area (Å²) < 4.78 is 4.74. The predicted octanol–water partition coefficient (Wildman–Crippen LogP) is 2.71. The summed E-state index contributed by atoms with van der Waals surface area (Å²) in [5.74, 6) is -0.399. The van der Waals surface area contributed by atoms with Crippen LogP contribution in [0.3, 0.4) is 0 Å². The van der Waals surface area contributed by atoms with Gasteiger partial charge in [-0.3, -0.25) is 0 Å². The zero-order chi connectivity index (χ0) is 13.7. The fraction of sp³-hybridized carbons (Fsp3) is 0.133. The van der Waals surface area contributed by atoms with Crippen LogP contribution in [0, 0.1) is 0 Å². The molecule has 98 valence electrons. The van der Waals surface area contributed by atoms with Crippen LogP contribution in [0.4, 0.5) is 11.4 Å². The first kappa shape index (κ1) is 13.1. The number of ether oxygens (including phenoxy) is 1. The normalized spacial score (nSPS) is 10.0. The van der Waals surface area contributed by atoms with Crippen LogP contribution in [0.2, 0.25) is 0 Å². The molecule has 2 aromatic carbocycles. The van der Waals surface area contributed by atoms with Crippen LogP contribution < -0.4 is 5.32 Å². The number of carbonyl (C=O) groups excluding carboxylic acids is 1. The Labute approximate surface area is 111 Å².